The molecule has 1 atom stereocenters. The zero-order valence-corrected chi connectivity index (χ0v) is 30.1. The van der Waals surface area contributed by atoms with Crippen molar-refractivity contribution in [2.24, 2.45) is 7.05 Å². The van der Waals surface area contributed by atoms with E-state index >= 15 is 0 Å². The van der Waals surface area contributed by atoms with Crippen molar-refractivity contribution in [3.63, 3.8) is 0 Å². The molecule has 1 saturated heterocycles. The lowest BCUT2D eigenvalue weighted by Crippen LogP contribution is -2.26. The maximum Gasteiger partial charge on any atom is 0.0831 e. The van der Waals surface area contributed by atoms with Crippen molar-refractivity contribution in [2.75, 3.05) is 46.8 Å². The first kappa shape index (κ1) is 33.1. The standard InChI is InChI=1S/C22H26N2O.C20H29N3/c1-14-4-6-16(7-5-14)21(25)12-17-10-15(2)11-18-19-13-24(3)9-8-20(19)23-22(17)18;1-15-12-16(6-11-23-8-4-5-9-23)20-17(13-15)18-14-21(2)10-7-19(18)22(20)3/h4-7,10-11,21,23,25H,8-9,12-13H2,1-3H3;12-13H,4-11,14H2,1-3H3. The van der Waals surface area contributed by atoms with Gasteiger partial charge in [-0.2, -0.15) is 0 Å². The van der Waals surface area contributed by atoms with E-state index in [4.69, 9.17) is 0 Å². The predicted octanol–water partition coefficient (Wildman–Crippen LogP) is 7.16. The van der Waals surface area contributed by atoms with Crippen LogP contribution in [0, 0.1) is 20.8 Å². The first-order valence-corrected chi connectivity index (χ1v) is 18.2. The van der Waals surface area contributed by atoms with E-state index in [0.717, 1.165) is 31.6 Å². The number of aliphatic hydroxyl groups is 1. The molecule has 3 aliphatic rings. The van der Waals surface area contributed by atoms with Gasteiger partial charge in [0.25, 0.3) is 0 Å². The van der Waals surface area contributed by atoms with Gasteiger partial charge in [0.1, 0.15) is 0 Å². The van der Waals surface area contributed by atoms with Crippen LogP contribution in [0.15, 0.2) is 48.5 Å². The third kappa shape index (κ3) is 6.73. The predicted molar refractivity (Wildman–Crippen MR) is 200 cm³/mol. The van der Waals surface area contributed by atoms with Gasteiger partial charge in [0.15, 0.2) is 0 Å². The van der Waals surface area contributed by atoms with Gasteiger partial charge in [0, 0.05) is 86.7 Å². The van der Waals surface area contributed by atoms with E-state index in [0.29, 0.717) is 6.42 Å². The number of hydrogen-bond donors (Lipinski definition) is 2. The molecule has 3 aromatic carbocycles. The molecule has 0 aliphatic carbocycles. The highest BCUT2D eigenvalue weighted by molar-refractivity contribution is 5.90. The SMILES string of the molecule is Cc1cc(CCN2CCCC2)c2c(c1)c1c(n2C)CCN(C)C1.Cc1ccc(C(O)Cc2cc(C)cc3c4c([nH]c23)CCN(C)C4)cc1. The second-order valence-corrected chi connectivity index (χ2v) is 15.1. The van der Waals surface area contributed by atoms with Crippen LogP contribution in [0.4, 0.5) is 0 Å². The molecule has 0 saturated carbocycles. The number of aromatic amines is 1. The normalized spacial score (nSPS) is 17.8. The van der Waals surface area contributed by atoms with Crippen LogP contribution in [0.25, 0.3) is 21.8 Å². The summed E-state index contributed by atoms with van der Waals surface area (Å²) in [4.78, 5) is 11.1. The van der Waals surface area contributed by atoms with Gasteiger partial charge in [-0.25, -0.2) is 0 Å². The molecule has 5 aromatic rings. The van der Waals surface area contributed by atoms with Crippen molar-refractivity contribution in [1.82, 2.24) is 24.3 Å². The van der Waals surface area contributed by atoms with Crippen molar-refractivity contribution in [3.05, 3.63) is 104 Å². The lowest BCUT2D eigenvalue weighted by atomic mass is 9.96. The van der Waals surface area contributed by atoms with Crippen LogP contribution in [0.3, 0.4) is 0 Å². The maximum atomic E-state index is 10.7. The molecule has 0 bridgehead atoms. The summed E-state index contributed by atoms with van der Waals surface area (Å²) < 4.78 is 2.50. The van der Waals surface area contributed by atoms with Crippen molar-refractivity contribution in [2.45, 2.75) is 78.5 Å². The molecule has 5 heterocycles. The Morgan fingerprint density at radius 2 is 1.38 bits per heavy atom. The molecule has 8 rings (SSSR count). The number of aryl methyl sites for hydroxylation is 4. The number of aromatic nitrogens is 2. The Morgan fingerprint density at radius 3 is 2.10 bits per heavy atom. The van der Waals surface area contributed by atoms with E-state index in [1.807, 2.05) is 12.1 Å². The summed E-state index contributed by atoms with van der Waals surface area (Å²) in [7, 11) is 6.70. The third-order valence-corrected chi connectivity index (χ3v) is 11.2. The Labute approximate surface area is 287 Å². The van der Waals surface area contributed by atoms with Gasteiger partial charge in [0.05, 0.1) is 11.6 Å². The molecule has 1 unspecified atom stereocenters. The summed E-state index contributed by atoms with van der Waals surface area (Å²) in [5, 5.41) is 13.6. The summed E-state index contributed by atoms with van der Waals surface area (Å²) in [6.07, 6.45) is 6.36. The van der Waals surface area contributed by atoms with Gasteiger partial charge in [-0.15, -0.1) is 0 Å². The highest BCUT2D eigenvalue weighted by atomic mass is 16.3. The maximum absolute atomic E-state index is 10.7. The van der Waals surface area contributed by atoms with Gasteiger partial charge < -0.3 is 29.4 Å². The first-order chi connectivity index (χ1) is 23.1. The molecule has 3 aliphatic heterocycles. The van der Waals surface area contributed by atoms with E-state index < -0.39 is 6.10 Å². The van der Waals surface area contributed by atoms with Crippen LogP contribution in [0.1, 0.15) is 74.8 Å². The van der Waals surface area contributed by atoms with Crippen LogP contribution < -0.4 is 0 Å². The molecule has 2 aromatic heterocycles. The number of nitrogens with zero attached hydrogens (tertiary/aromatic N) is 4. The molecule has 0 radical (unpaired) electrons. The van der Waals surface area contributed by atoms with Gasteiger partial charge in [-0.05, 0) is 107 Å². The smallest absolute Gasteiger partial charge is 0.0831 e. The summed E-state index contributed by atoms with van der Waals surface area (Å²) in [5.74, 6) is 0. The van der Waals surface area contributed by atoms with Gasteiger partial charge >= 0.3 is 0 Å². The average Bonchev–Trinajstić information content (AvgIpc) is 3.78. The Balaban J connectivity index is 0.000000152. The van der Waals surface area contributed by atoms with E-state index in [1.165, 1.54) is 107 Å². The molecular formula is C42H55N5O. The van der Waals surface area contributed by atoms with Gasteiger partial charge in [-0.3, -0.25) is 0 Å². The van der Waals surface area contributed by atoms with Crippen LogP contribution in [-0.4, -0.2) is 76.2 Å². The summed E-state index contributed by atoms with van der Waals surface area (Å²) in [5.41, 5.74) is 16.3. The minimum Gasteiger partial charge on any atom is -0.388 e. The molecule has 6 heteroatoms. The quantitative estimate of drug-likeness (QED) is 0.206. The number of fused-ring (bicyclic) bond motifs is 6. The van der Waals surface area contributed by atoms with Crippen molar-refractivity contribution >= 4 is 21.8 Å². The number of rotatable bonds is 6. The number of aliphatic hydroxyl groups excluding tert-OH is 1. The topological polar surface area (TPSA) is 50.7 Å². The van der Waals surface area contributed by atoms with E-state index in [1.54, 1.807) is 16.8 Å². The number of nitrogens with one attached hydrogen (secondary N) is 1. The fraction of sp³-hybridized carbons (Fsp3) is 0.476. The monoisotopic (exact) mass is 645 g/mol. The minimum absolute atomic E-state index is 0.478. The number of benzene rings is 3. The number of likely N-dealkylation sites (tertiary alicyclic amines) is 1. The lowest BCUT2D eigenvalue weighted by molar-refractivity contribution is 0.179. The third-order valence-electron chi connectivity index (χ3n) is 11.2. The van der Waals surface area contributed by atoms with Crippen molar-refractivity contribution < 1.29 is 5.11 Å². The molecule has 0 spiro atoms. The zero-order chi connectivity index (χ0) is 33.5. The fourth-order valence-electron chi connectivity index (χ4n) is 8.55. The number of likely N-dealkylation sites (N-methyl/N-ethyl adjacent to an activating group) is 2. The molecule has 2 N–H and O–H groups in total. The second kappa shape index (κ2) is 13.8. The first-order valence-electron chi connectivity index (χ1n) is 18.2. The van der Waals surface area contributed by atoms with Crippen LogP contribution in [0.5, 0.6) is 0 Å². The molecule has 6 nitrogen and oxygen atoms in total. The second-order valence-electron chi connectivity index (χ2n) is 15.1. The Bertz CT molecular complexity index is 1910. The lowest BCUT2D eigenvalue weighted by Gasteiger charge is -2.23. The largest absolute Gasteiger partial charge is 0.388 e. The van der Waals surface area contributed by atoms with Crippen LogP contribution >= 0.6 is 0 Å². The van der Waals surface area contributed by atoms with E-state index in [9.17, 15) is 5.11 Å². The Hall–Kier alpha value is -3.42. The molecule has 1 fully saturated rings. The summed E-state index contributed by atoms with van der Waals surface area (Å²) in [6, 6.07) is 17.5. The zero-order valence-electron chi connectivity index (χ0n) is 30.1. The average molecular weight is 646 g/mol. The molecular weight excluding hydrogens is 590 g/mol. The van der Waals surface area contributed by atoms with Crippen LogP contribution in [0.2, 0.25) is 0 Å². The molecule has 48 heavy (non-hydrogen) atoms. The van der Waals surface area contributed by atoms with E-state index in [2.05, 4.69) is 103 Å². The Morgan fingerprint density at radius 1 is 0.729 bits per heavy atom. The summed E-state index contributed by atoms with van der Waals surface area (Å²) >= 11 is 0. The van der Waals surface area contributed by atoms with Crippen molar-refractivity contribution in [3.8, 4) is 0 Å². The number of hydrogen-bond acceptors (Lipinski definition) is 4. The van der Waals surface area contributed by atoms with Gasteiger partial charge in [0.2, 0.25) is 0 Å². The highest BCUT2D eigenvalue weighted by Crippen LogP contribution is 2.34. The van der Waals surface area contributed by atoms with E-state index in [-0.39, 0.29) is 0 Å². The fourth-order valence-corrected chi connectivity index (χ4v) is 8.55. The molecule has 0 amide bonds. The van der Waals surface area contributed by atoms with Crippen molar-refractivity contribution in [1.29, 1.82) is 0 Å². The highest BCUT2D eigenvalue weighted by Gasteiger charge is 2.24. The number of H-pyrrole nitrogens is 1. The summed E-state index contributed by atoms with van der Waals surface area (Å²) in [6.45, 7) is 14.7. The molecule has 254 valence electrons. The minimum atomic E-state index is -0.478. The van der Waals surface area contributed by atoms with Crippen LogP contribution in [-0.2, 0) is 45.8 Å². The van der Waals surface area contributed by atoms with Gasteiger partial charge in [-0.1, -0.05) is 53.1 Å². The Kier molecular flexibility index (Phi) is 9.54.